The molecule has 1 N–H and O–H groups in total. The van der Waals surface area contributed by atoms with E-state index in [-0.39, 0.29) is 23.8 Å². The van der Waals surface area contributed by atoms with Crippen molar-refractivity contribution in [2.75, 3.05) is 32.7 Å². The zero-order valence-corrected chi connectivity index (χ0v) is 18.3. The number of nitrogens with zero attached hydrogens (tertiary/aromatic N) is 6. The second-order valence-corrected chi connectivity index (χ2v) is 7.37. The smallest absolute Gasteiger partial charge is 0.274 e. The largest absolute Gasteiger partial charge is 0.490 e. The second-order valence-electron chi connectivity index (χ2n) is 7.37. The number of carbonyl (C=O) groups is 2. The Morgan fingerprint density at radius 2 is 2.00 bits per heavy atom. The van der Waals surface area contributed by atoms with Gasteiger partial charge in [0.2, 0.25) is 0 Å². The molecule has 11 heteroatoms. The first-order valence-corrected chi connectivity index (χ1v) is 10.1. The van der Waals surface area contributed by atoms with Gasteiger partial charge in [-0.25, -0.2) is 13.9 Å². The number of anilines is 1. The Morgan fingerprint density at radius 1 is 1.21 bits per heavy atom. The maximum atomic E-state index is 12.9. The highest BCUT2D eigenvalue weighted by Gasteiger charge is 2.23. The molecule has 0 radical (unpaired) electrons. The summed E-state index contributed by atoms with van der Waals surface area (Å²) in [7, 11) is 4.81. The van der Waals surface area contributed by atoms with Crippen molar-refractivity contribution >= 4 is 23.1 Å². The van der Waals surface area contributed by atoms with Crippen molar-refractivity contribution in [3.05, 3.63) is 60.0 Å². The van der Waals surface area contributed by atoms with Crippen LogP contribution < -0.4 is 10.1 Å². The zero-order valence-electron chi connectivity index (χ0n) is 18.3. The second kappa shape index (κ2) is 9.07. The summed E-state index contributed by atoms with van der Waals surface area (Å²) in [5, 5.41) is 11.3. The molecule has 0 saturated heterocycles. The van der Waals surface area contributed by atoms with Gasteiger partial charge in [-0.15, -0.1) is 5.10 Å². The molecule has 0 saturated carbocycles. The molecule has 0 unspecified atom stereocenters. The van der Waals surface area contributed by atoms with Crippen molar-refractivity contribution in [3.8, 4) is 17.1 Å². The Balaban J connectivity index is 1.62. The molecule has 0 aliphatic heterocycles. The Hall–Kier alpha value is -4.28. The van der Waals surface area contributed by atoms with Crippen LogP contribution in [0.3, 0.4) is 0 Å². The van der Waals surface area contributed by atoms with Crippen LogP contribution in [0.1, 0.15) is 20.8 Å². The summed E-state index contributed by atoms with van der Waals surface area (Å²) in [4.78, 5) is 31.2. The number of ether oxygens (including phenoxy) is 1. The maximum Gasteiger partial charge on any atom is 0.274 e. The number of aromatic nitrogens is 5. The number of amides is 2. The summed E-state index contributed by atoms with van der Waals surface area (Å²) < 4.78 is 20.9. The van der Waals surface area contributed by atoms with Crippen LogP contribution in [0, 0.1) is 0 Å². The van der Waals surface area contributed by atoms with Gasteiger partial charge in [-0.1, -0.05) is 12.1 Å². The third kappa shape index (κ3) is 4.38. The van der Waals surface area contributed by atoms with Crippen molar-refractivity contribution in [1.29, 1.82) is 0 Å². The van der Waals surface area contributed by atoms with Crippen molar-refractivity contribution in [2.45, 2.75) is 0 Å². The maximum absolute atomic E-state index is 12.9. The zero-order chi connectivity index (χ0) is 23.5. The van der Waals surface area contributed by atoms with Gasteiger partial charge in [-0.05, 0) is 18.2 Å². The van der Waals surface area contributed by atoms with E-state index >= 15 is 0 Å². The topological polar surface area (TPSA) is 107 Å². The number of halogens is 1. The number of nitrogens with one attached hydrogen (secondary N) is 1. The Labute approximate surface area is 188 Å². The van der Waals surface area contributed by atoms with E-state index in [4.69, 9.17) is 4.74 Å². The Bertz CT molecular complexity index is 1330. The molecule has 33 heavy (non-hydrogen) atoms. The monoisotopic (exact) mass is 451 g/mol. The lowest BCUT2D eigenvalue weighted by Gasteiger charge is -2.11. The van der Waals surface area contributed by atoms with Crippen molar-refractivity contribution in [1.82, 2.24) is 29.3 Å². The Morgan fingerprint density at radius 3 is 2.76 bits per heavy atom. The average Bonchev–Trinajstić information content (AvgIpc) is 3.40. The van der Waals surface area contributed by atoms with Gasteiger partial charge in [0.1, 0.15) is 24.7 Å². The fourth-order valence-corrected chi connectivity index (χ4v) is 3.29. The van der Waals surface area contributed by atoms with Gasteiger partial charge in [0.05, 0.1) is 17.3 Å². The molecule has 0 bridgehead atoms. The van der Waals surface area contributed by atoms with E-state index in [2.05, 4.69) is 20.5 Å². The van der Waals surface area contributed by atoms with Crippen LogP contribution in [0.15, 0.2) is 48.8 Å². The van der Waals surface area contributed by atoms with Gasteiger partial charge in [-0.3, -0.25) is 14.3 Å². The molecule has 3 heterocycles. The SMILES string of the molecule is CN(C)C(=O)c1cnn(C)c1C(=O)Nc1ccn2nc(-c3ccccc3OCCF)nc2c1. The van der Waals surface area contributed by atoms with Gasteiger partial charge >= 0.3 is 0 Å². The van der Waals surface area contributed by atoms with Gasteiger partial charge in [0.25, 0.3) is 11.8 Å². The molecule has 10 nitrogen and oxygen atoms in total. The molecule has 0 atom stereocenters. The van der Waals surface area contributed by atoms with E-state index < -0.39 is 12.6 Å². The molecule has 2 amide bonds. The predicted molar refractivity (Wildman–Crippen MR) is 119 cm³/mol. The van der Waals surface area contributed by atoms with Crippen LogP contribution in [0.25, 0.3) is 17.0 Å². The number of hydrogen-bond acceptors (Lipinski definition) is 6. The summed E-state index contributed by atoms with van der Waals surface area (Å²) in [5.41, 5.74) is 1.93. The first-order valence-electron chi connectivity index (χ1n) is 10.1. The fraction of sp³-hybridized carbons (Fsp3) is 0.227. The molecule has 4 aromatic rings. The highest BCUT2D eigenvalue weighted by atomic mass is 19.1. The lowest BCUT2D eigenvalue weighted by molar-refractivity contribution is 0.0821. The fourth-order valence-electron chi connectivity index (χ4n) is 3.29. The molecule has 1 aromatic carbocycles. The van der Waals surface area contributed by atoms with Gasteiger partial charge < -0.3 is 15.0 Å². The number of benzene rings is 1. The normalized spacial score (nSPS) is 10.9. The van der Waals surface area contributed by atoms with E-state index in [1.807, 2.05) is 6.07 Å². The summed E-state index contributed by atoms with van der Waals surface area (Å²) in [5.74, 6) is 0.0843. The molecule has 4 rings (SSSR count). The lowest BCUT2D eigenvalue weighted by atomic mass is 10.2. The van der Waals surface area contributed by atoms with Crippen LogP contribution in [0.2, 0.25) is 0 Å². The summed E-state index contributed by atoms with van der Waals surface area (Å²) >= 11 is 0. The lowest BCUT2D eigenvalue weighted by Crippen LogP contribution is -2.26. The van der Waals surface area contributed by atoms with Crippen LogP contribution >= 0.6 is 0 Å². The average molecular weight is 451 g/mol. The summed E-state index contributed by atoms with van der Waals surface area (Å²) in [6.07, 6.45) is 3.02. The molecule has 0 aliphatic rings. The van der Waals surface area contributed by atoms with Crippen LogP contribution in [0.4, 0.5) is 10.1 Å². The van der Waals surface area contributed by atoms with E-state index in [0.717, 1.165) is 0 Å². The van der Waals surface area contributed by atoms with E-state index in [1.54, 1.807) is 62.2 Å². The molecular weight excluding hydrogens is 429 g/mol. The van der Waals surface area contributed by atoms with Crippen LogP contribution in [-0.4, -0.2) is 68.5 Å². The number of aryl methyl sites for hydroxylation is 1. The molecule has 0 aliphatic carbocycles. The first-order chi connectivity index (χ1) is 15.9. The molecule has 3 aromatic heterocycles. The van der Waals surface area contributed by atoms with Gasteiger partial charge in [-0.2, -0.15) is 5.10 Å². The van der Waals surface area contributed by atoms with Gasteiger partial charge in [0.15, 0.2) is 11.5 Å². The molecular formula is C22H22FN7O3. The highest BCUT2D eigenvalue weighted by molar-refractivity contribution is 6.11. The summed E-state index contributed by atoms with van der Waals surface area (Å²) in [6.45, 7) is -0.665. The van der Waals surface area contributed by atoms with Gasteiger partial charge in [0, 0.05) is 39.1 Å². The Kier molecular flexibility index (Phi) is 6.03. The van der Waals surface area contributed by atoms with E-state index in [9.17, 15) is 14.0 Å². The van der Waals surface area contributed by atoms with Crippen molar-refractivity contribution < 1.29 is 18.7 Å². The summed E-state index contributed by atoms with van der Waals surface area (Å²) in [6, 6.07) is 10.4. The number of hydrogen-bond donors (Lipinski definition) is 1. The third-order valence-electron chi connectivity index (χ3n) is 4.85. The highest BCUT2D eigenvalue weighted by Crippen LogP contribution is 2.28. The number of carbonyl (C=O) groups excluding carboxylic acids is 2. The van der Waals surface area contributed by atoms with Crippen molar-refractivity contribution in [3.63, 3.8) is 0 Å². The number of rotatable bonds is 7. The first kappa shape index (κ1) is 21.9. The van der Waals surface area contributed by atoms with E-state index in [0.29, 0.717) is 28.5 Å². The minimum Gasteiger partial charge on any atom is -0.490 e. The minimum absolute atomic E-state index is 0.0626. The predicted octanol–water partition coefficient (Wildman–Crippen LogP) is 2.43. The number of fused-ring (bicyclic) bond motifs is 1. The number of para-hydroxylation sites is 1. The third-order valence-corrected chi connectivity index (χ3v) is 4.85. The molecule has 0 fully saturated rings. The standard InChI is InChI=1S/C22H22FN7O3/c1-28(2)22(32)16-13-24-29(3)19(16)21(31)25-14-8-10-30-18(12-14)26-20(27-30)15-6-4-5-7-17(15)33-11-9-23/h4-8,10,12-13H,9,11H2,1-3H3,(H,25,31). The number of pyridine rings is 1. The molecule has 0 spiro atoms. The van der Waals surface area contributed by atoms with Crippen molar-refractivity contribution in [2.24, 2.45) is 7.05 Å². The van der Waals surface area contributed by atoms with Crippen LogP contribution in [-0.2, 0) is 7.05 Å². The minimum atomic E-state index is -0.603. The van der Waals surface area contributed by atoms with E-state index in [1.165, 1.54) is 15.8 Å². The quantitative estimate of drug-likeness (QED) is 0.463. The molecule has 170 valence electrons. The van der Waals surface area contributed by atoms with Crippen LogP contribution in [0.5, 0.6) is 5.75 Å². The number of alkyl halides is 1.